The smallest absolute Gasteiger partial charge is 0.255 e. The minimum atomic E-state index is -3.72. The molecule has 32 heavy (non-hydrogen) atoms. The molecular formula is C24H32N2O5S. The monoisotopic (exact) mass is 460 g/mol. The maximum absolute atomic E-state index is 13.1. The van der Waals surface area contributed by atoms with Gasteiger partial charge >= 0.3 is 0 Å². The summed E-state index contributed by atoms with van der Waals surface area (Å²) >= 11 is 0. The fourth-order valence-electron chi connectivity index (χ4n) is 3.73. The normalized spacial score (nSPS) is 16.0. The summed E-state index contributed by atoms with van der Waals surface area (Å²) in [5.74, 6) is 0.508. The first-order chi connectivity index (χ1) is 15.2. The standard InChI is InChI=1S/C24H32N2O5S/c1-17(2)15-19-5-7-20(8-6-19)18(3)25-24(27)22-16-21(9-10-23(22)30-4)32(28,29)26-11-13-31-14-12-26/h5-10,16-18H,11-15H2,1-4H3,(H,25,27). The molecule has 7 nitrogen and oxygen atoms in total. The van der Waals surface area contributed by atoms with Gasteiger partial charge in [-0.3, -0.25) is 4.79 Å². The topological polar surface area (TPSA) is 84.9 Å². The van der Waals surface area contributed by atoms with Crippen LogP contribution in [-0.4, -0.2) is 52.0 Å². The number of hydrogen-bond donors (Lipinski definition) is 1. The maximum atomic E-state index is 13.1. The minimum absolute atomic E-state index is 0.0658. The second kappa shape index (κ2) is 10.5. The summed E-state index contributed by atoms with van der Waals surface area (Å²) in [5, 5.41) is 2.96. The Bertz CT molecular complexity index is 1030. The first kappa shape index (κ1) is 24.2. The molecule has 1 heterocycles. The predicted octanol–water partition coefficient (Wildman–Crippen LogP) is 3.41. The van der Waals surface area contributed by atoms with Crippen molar-refractivity contribution in [2.24, 2.45) is 5.92 Å². The molecule has 0 aromatic heterocycles. The molecule has 1 unspecified atom stereocenters. The molecule has 1 aliphatic heterocycles. The summed E-state index contributed by atoms with van der Waals surface area (Å²) in [6.45, 7) is 7.55. The van der Waals surface area contributed by atoms with Gasteiger partial charge in [-0.05, 0) is 48.6 Å². The van der Waals surface area contributed by atoms with Gasteiger partial charge in [-0.15, -0.1) is 0 Å². The molecule has 0 spiro atoms. The Balaban J connectivity index is 1.80. The quantitative estimate of drug-likeness (QED) is 0.653. The third-order valence-corrected chi connectivity index (χ3v) is 7.39. The summed E-state index contributed by atoms with van der Waals surface area (Å²) < 4.78 is 38.0. The average molecular weight is 461 g/mol. The molecule has 2 aromatic carbocycles. The fraction of sp³-hybridized carbons (Fsp3) is 0.458. The lowest BCUT2D eigenvalue weighted by Crippen LogP contribution is -2.40. The highest BCUT2D eigenvalue weighted by atomic mass is 32.2. The molecule has 0 aliphatic carbocycles. The van der Waals surface area contributed by atoms with Crippen molar-refractivity contribution in [1.82, 2.24) is 9.62 Å². The zero-order chi connectivity index (χ0) is 23.3. The molecule has 8 heteroatoms. The lowest BCUT2D eigenvalue weighted by molar-refractivity contribution is 0.0730. The van der Waals surface area contributed by atoms with E-state index in [1.165, 1.54) is 35.2 Å². The van der Waals surface area contributed by atoms with Crippen LogP contribution < -0.4 is 10.1 Å². The SMILES string of the molecule is COc1ccc(S(=O)(=O)N2CCOCC2)cc1C(=O)NC(C)c1ccc(CC(C)C)cc1. The number of rotatable bonds is 8. The van der Waals surface area contributed by atoms with Gasteiger partial charge in [0.2, 0.25) is 10.0 Å². The van der Waals surface area contributed by atoms with E-state index < -0.39 is 10.0 Å². The number of amides is 1. The van der Waals surface area contributed by atoms with Gasteiger partial charge in [0.1, 0.15) is 5.75 Å². The number of morpholine rings is 1. The molecule has 174 valence electrons. The molecule has 3 rings (SSSR count). The number of methoxy groups -OCH3 is 1. The summed E-state index contributed by atoms with van der Waals surface area (Å²) in [6.07, 6.45) is 1.00. The van der Waals surface area contributed by atoms with Gasteiger partial charge in [-0.25, -0.2) is 8.42 Å². The van der Waals surface area contributed by atoms with E-state index in [1.807, 2.05) is 19.1 Å². The lowest BCUT2D eigenvalue weighted by Gasteiger charge is -2.26. The molecule has 1 atom stereocenters. The van der Waals surface area contributed by atoms with Crippen LogP contribution in [0.25, 0.3) is 0 Å². The molecule has 0 radical (unpaired) electrons. The van der Waals surface area contributed by atoms with Crippen LogP contribution in [0.15, 0.2) is 47.4 Å². The Morgan fingerprint density at radius 1 is 1.09 bits per heavy atom. The Morgan fingerprint density at radius 2 is 1.75 bits per heavy atom. The fourth-order valence-corrected chi connectivity index (χ4v) is 5.17. The Kier molecular flexibility index (Phi) is 7.92. The van der Waals surface area contributed by atoms with Gasteiger partial charge in [0.25, 0.3) is 5.91 Å². The van der Waals surface area contributed by atoms with Crippen LogP contribution in [0.4, 0.5) is 0 Å². The average Bonchev–Trinajstić information content (AvgIpc) is 2.79. The van der Waals surface area contributed by atoms with E-state index in [9.17, 15) is 13.2 Å². The highest BCUT2D eigenvalue weighted by Crippen LogP contribution is 2.26. The largest absolute Gasteiger partial charge is 0.496 e. The molecule has 0 saturated carbocycles. The predicted molar refractivity (Wildman–Crippen MR) is 123 cm³/mol. The van der Waals surface area contributed by atoms with Crippen LogP contribution in [0, 0.1) is 5.92 Å². The van der Waals surface area contributed by atoms with E-state index in [0.29, 0.717) is 38.0 Å². The first-order valence-electron chi connectivity index (χ1n) is 10.9. The Hall–Kier alpha value is -2.42. The number of carbonyl (C=O) groups excluding carboxylic acids is 1. The highest BCUT2D eigenvalue weighted by molar-refractivity contribution is 7.89. The van der Waals surface area contributed by atoms with Gasteiger partial charge in [0.05, 0.1) is 36.8 Å². The molecule has 1 aliphatic rings. The zero-order valence-electron chi connectivity index (χ0n) is 19.1. The van der Waals surface area contributed by atoms with Gasteiger partial charge in [-0.1, -0.05) is 38.1 Å². The molecule has 0 bridgehead atoms. The molecule has 1 amide bonds. The van der Waals surface area contributed by atoms with Crippen LogP contribution in [0.1, 0.15) is 48.3 Å². The molecule has 1 N–H and O–H groups in total. The van der Waals surface area contributed by atoms with Gasteiger partial charge in [0, 0.05) is 13.1 Å². The van der Waals surface area contributed by atoms with Crippen LogP contribution >= 0.6 is 0 Å². The number of hydrogen-bond acceptors (Lipinski definition) is 5. The van der Waals surface area contributed by atoms with Crippen molar-refractivity contribution in [2.75, 3.05) is 33.4 Å². The van der Waals surface area contributed by atoms with Crippen molar-refractivity contribution < 1.29 is 22.7 Å². The second-order valence-corrected chi connectivity index (χ2v) is 10.4. The van der Waals surface area contributed by atoms with Crippen LogP contribution in [0.2, 0.25) is 0 Å². The van der Waals surface area contributed by atoms with E-state index in [0.717, 1.165) is 12.0 Å². The Morgan fingerprint density at radius 3 is 2.34 bits per heavy atom. The van der Waals surface area contributed by atoms with Gasteiger partial charge in [0.15, 0.2) is 0 Å². The van der Waals surface area contributed by atoms with Crippen molar-refractivity contribution in [3.8, 4) is 5.75 Å². The van der Waals surface area contributed by atoms with Crippen molar-refractivity contribution in [3.63, 3.8) is 0 Å². The highest BCUT2D eigenvalue weighted by Gasteiger charge is 2.28. The lowest BCUT2D eigenvalue weighted by atomic mass is 10.00. The second-order valence-electron chi connectivity index (χ2n) is 8.41. The number of nitrogens with one attached hydrogen (secondary N) is 1. The van der Waals surface area contributed by atoms with Crippen LogP contribution in [-0.2, 0) is 21.2 Å². The van der Waals surface area contributed by atoms with E-state index in [2.05, 4.69) is 31.3 Å². The van der Waals surface area contributed by atoms with Crippen molar-refractivity contribution in [1.29, 1.82) is 0 Å². The van der Waals surface area contributed by atoms with E-state index in [4.69, 9.17) is 9.47 Å². The number of ether oxygens (including phenoxy) is 2. The third kappa shape index (κ3) is 5.68. The summed E-state index contributed by atoms with van der Waals surface area (Å²) in [4.78, 5) is 13.1. The number of nitrogens with zero attached hydrogens (tertiary/aromatic N) is 1. The van der Waals surface area contributed by atoms with Gasteiger partial charge in [-0.2, -0.15) is 4.31 Å². The molecular weight excluding hydrogens is 428 g/mol. The van der Waals surface area contributed by atoms with E-state index >= 15 is 0 Å². The summed E-state index contributed by atoms with van der Waals surface area (Å²) in [7, 11) is -2.26. The number of carbonyl (C=O) groups is 1. The maximum Gasteiger partial charge on any atom is 0.255 e. The van der Waals surface area contributed by atoms with Crippen molar-refractivity contribution in [2.45, 2.75) is 38.1 Å². The first-order valence-corrected chi connectivity index (χ1v) is 12.3. The number of sulfonamides is 1. The molecule has 1 fully saturated rings. The van der Waals surface area contributed by atoms with E-state index in [-0.39, 0.29) is 22.4 Å². The van der Waals surface area contributed by atoms with Crippen molar-refractivity contribution in [3.05, 3.63) is 59.2 Å². The van der Waals surface area contributed by atoms with Crippen molar-refractivity contribution >= 4 is 15.9 Å². The summed E-state index contributed by atoms with van der Waals surface area (Å²) in [6, 6.07) is 12.3. The third-order valence-electron chi connectivity index (χ3n) is 5.49. The zero-order valence-corrected chi connectivity index (χ0v) is 19.9. The molecule has 2 aromatic rings. The van der Waals surface area contributed by atoms with Crippen LogP contribution in [0.3, 0.4) is 0 Å². The van der Waals surface area contributed by atoms with E-state index in [1.54, 1.807) is 0 Å². The Labute approximate surface area is 190 Å². The summed E-state index contributed by atoms with van der Waals surface area (Å²) in [5.41, 5.74) is 2.41. The van der Waals surface area contributed by atoms with Crippen LogP contribution in [0.5, 0.6) is 5.75 Å². The number of benzene rings is 2. The van der Waals surface area contributed by atoms with Gasteiger partial charge < -0.3 is 14.8 Å². The molecule has 1 saturated heterocycles. The minimum Gasteiger partial charge on any atom is -0.496 e.